The van der Waals surface area contributed by atoms with Gasteiger partial charge in [-0.2, -0.15) is 0 Å². The molecule has 0 spiro atoms. The molecule has 1 aromatic heterocycles. The molecule has 1 saturated heterocycles. The van der Waals surface area contributed by atoms with Crippen LogP contribution in [0.1, 0.15) is 50.9 Å². The summed E-state index contributed by atoms with van der Waals surface area (Å²) < 4.78 is 5.68. The van der Waals surface area contributed by atoms with E-state index >= 15 is 0 Å². The molecular formula is C24H28N2O4. The van der Waals surface area contributed by atoms with Gasteiger partial charge < -0.3 is 14.7 Å². The standard InChI is InChI=1S/C24H28N2O4/c1-4-5-14-26-21(19-8-6-7-13-25-19)20(23(28)24(26)29)22(27)17-9-11-18(12-10-17)30-15-16(2)3/h6-13,16,21,27H,4-5,14-15H2,1-3H3/b22-20-. The number of unbranched alkanes of at least 4 members (excludes halogenated alkanes) is 1. The van der Waals surface area contributed by atoms with E-state index in [1.807, 2.05) is 13.0 Å². The molecule has 1 unspecified atom stereocenters. The van der Waals surface area contributed by atoms with Crippen molar-refractivity contribution < 1.29 is 19.4 Å². The molecule has 2 aromatic rings. The number of carbonyl (C=O) groups excluding carboxylic acids is 2. The predicted molar refractivity (Wildman–Crippen MR) is 115 cm³/mol. The largest absolute Gasteiger partial charge is 0.507 e. The van der Waals surface area contributed by atoms with Gasteiger partial charge in [0.05, 0.1) is 17.9 Å². The van der Waals surface area contributed by atoms with Gasteiger partial charge in [0, 0.05) is 18.3 Å². The molecule has 0 bridgehead atoms. The average molecular weight is 408 g/mol. The summed E-state index contributed by atoms with van der Waals surface area (Å²) in [6, 6.07) is 11.5. The molecule has 1 aliphatic rings. The molecule has 1 aromatic carbocycles. The van der Waals surface area contributed by atoms with E-state index in [1.165, 1.54) is 4.90 Å². The van der Waals surface area contributed by atoms with Gasteiger partial charge in [0.25, 0.3) is 11.7 Å². The van der Waals surface area contributed by atoms with E-state index in [0.717, 1.165) is 12.8 Å². The van der Waals surface area contributed by atoms with Crippen LogP contribution < -0.4 is 4.74 Å². The Labute approximate surface area is 177 Å². The number of benzene rings is 1. The molecule has 0 radical (unpaired) electrons. The Kier molecular flexibility index (Phi) is 6.87. The molecule has 1 N–H and O–H groups in total. The first-order chi connectivity index (χ1) is 14.4. The molecule has 30 heavy (non-hydrogen) atoms. The second-order valence-electron chi connectivity index (χ2n) is 7.83. The third-order valence-electron chi connectivity index (χ3n) is 4.97. The first-order valence-electron chi connectivity index (χ1n) is 10.4. The zero-order valence-corrected chi connectivity index (χ0v) is 17.7. The lowest BCUT2D eigenvalue weighted by molar-refractivity contribution is -0.140. The zero-order valence-electron chi connectivity index (χ0n) is 17.7. The summed E-state index contributed by atoms with van der Waals surface area (Å²) in [6.45, 7) is 7.18. The van der Waals surface area contributed by atoms with Crippen LogP contribution in [0.15, 0.2) is 54.2 Å². The Morgan fingerprint density at radius 3 is 2.50 bits per heavy atom. The van der Waals surface area contributed by atoms with E-state index in [-0.39, 0.29) is 11.3 Å². The van der Waals surface area contributed by atoms with Crippen molar-refractivity contribution in [3.63, 3.8) is 0 Å². The number of aliphatic hydroxyl groups excluding tert-OH is 1. The minimum atomic E-state index is -0.699. The fourth-order valence-corrected chi connectivity index (χ4v) is 3.41. The monoisotopic (exact) mass is 408 g/mol. The topological polar surface area (TPSA) is 79.7 Å². The van der Waals surface area contributed by atoms with Gasteiger partial charge in [0.2, 0.25) is 0 Å². The predicted octanol–water partition coefficient (Wildman–Crippen LogP) is 4.34. The summed E-state index contributed by atoms with van der Waals surface area (Å²) in [5.41, 5.74) is 1.10. The summed E-state index contributed by atoms with van der Waals surface area (Å²) >= 11 is 0. The number of hydrogen-bond donors (Lipinski definition) is 1. The Bertz CT molecular complexity index is 920. The van der Waals surface area contributed by atoms with Gasteiger partial charge in [-0.25, -0.2) is 0 Å². The number of hydrogen-bond acceptors (Lipinski definition) is 5. The molecule has 3 rings (SSSR count). The third-order valence-corrected chi connectivity index (χ3v) is 4.97. The highest BCUT2D eigenvalue weighted by molar-refractivity contribution is 6.46. The number of pyridine rings is 1. The van der Waals surface area contributed by atoms with Crippen molar-refractivity contribution in [2.24, 2.45) is 5.92 Å². The summed E-state index contributed by atoms with van der Waals surface area (Å²) in [5.74, 6) is -0.393. The normalized spacial score (nSPS) is 18.3. The maximum absolute atomic E-state index is 12.9. The van der Waals surface area contributed by atoms with Crippen LogP contribution >= 0.6 is 0 Å². The van der Waals surface area contributed by atoms with Gasteiger partial charge in [-0.15, -0.1) is 0 Å². The van der Waals surface area contributed by atoms with Crippen LogP contribution in [-0.4, -0.2) is 39.8 Å². The molecule has 6 nitrogen and oxygen atoms in total. The van der Waals surface area contributed by atoms with E-state index in [9.17, 15) is 14.7 Å². The number of ketones is 1. The first kappa shape index (κ1) is 21.6. The summed E-state index contributed by atoms with van der Waals surface area (Å²) in [4.78, 5) is 31.5. The van der Waals surface area contributed by atoms with Crippen molar-refractivity contribution in [1.29, 1.82) is 0 Å². The number of Topliss-reactive ketones (excluding diaryl/α,β-unsaturated/α-hetero) is 1. The van der Waals surface area contributed by atoms with Gasteiger partial charge >= 0.3 is 0 Å². The first-order valence-corrected chi connectivity index (χ1v) is 10.4. The lowest BCUT2D eigenvalue weighted by Crippen LogP contribution is -2.31. The molecule has 1 atom stereocenters. The number of aliphatic hydroxyl groups is 1. The number of nitrogens with zero attached hydrogens (tertiary/aromatic N) is 2. The van der Waals surface area contributed by atoms with Crippen LogP contribution in [0.2, 0.25) is 0 Å². The fraction of sp³-hybridized carbons (Fsp3) is 0.375. The van der Waals surface area contributed by atoms with Crippen molar-refractivity contribution in [2.45, 2.75) is 39.7 Å². The van der Waals surface area contributed by atoms with E-state index in [0.29, 0.717) is 36.1 Å². The summed E-state index contributed by atoms with van der Waals surface area (Å²) in [7, 11) is 0. The number of carbonyl (C=O) groups is 2. The SMILES string of the molecule is CCCCN1C(=O)C(=O)/C(=C(\O)c2ccc(OCC(C)C)cc2)C1c1ccccn1. The maximum atomic E-state index is 12.9. The minimum absolute atomic E-state index is 0.0747. The van der Waals surface area contributed by atoms with Crippen LogP contribution in [0.3, 0.4) is 0 Å². The Hall–Kier alpha value is -3.15. The molecule has 1 amide bonds. The molecule has 158 valence electrons. The van der Waals surface area contributed by atoms with Crippen LogP contribution in [0, 0.1) is 5.92 Å². The van der Waals surface area contributed by atoms with Gasteiger partial charge in [-0.1, -0.05) is 33.3 Å². The fourth-order valence-electron chi connectivity index (χ4n) is 3.41. The van der Waals surface area contributed by atoms with E-state index in [2.05, 4.69) is 18.8 Å². The highest BCUT2D eigenvalue weighted by Gasteiger charge is 2.46. The third kappa shape index (κ3) is 4.53. The van der Waals surface area contributed by atoms with Gasteiger partial charge in [0.15, 0.2) is 0 Å². The Balaban J connectivity index is 2.00. The van der Waals surface area contributed by atoms with Crippen molar-refractivity contribution in [3.8, 4) is 5.75 Å². The highest BCUT2D eigenvalue weighted by Crippen LogP contribution is 2.38. The molecule has 1 fully saturated rings. The maximum Gasteiger partial charge on any atom is 0.295 e. The number of likely N-dealkylation sites (tertiary alicyclic amines) is 1. The summed E-state index contributed by atoms with van der Waals surface area (Å²) in [5, 5.41) is 11.0. The van der Waals surface area contributed by atoms with E-state index < -0.39 is 17.7 Å². The van der Waals surface area contributed by atoms with Crippen LogP contribution in [-0.2, 0) is 9.59 Å². The molecule has 1 aliphatic heterocycles. The van der Waals surface area contributed by atoms with Gasteiger partial charge in [-0.3, -0.25) is 14.6 Å². The van der Waals surface area contributed by atoms with E-state index in [4.69, 9.17) is 4.74 Å². The highest BCUT2D eigenvalue weighted by atomic mass is 16.5. The number of amides is 1. The van der Waals surface area contributed by atoms with Crippen LogP contribution in [0.5, 0.6) is 5.75 Å². The average Bonchev–Trinajstić information content (AvgIpc) is 3.01. The van der Waals surface area contributed by atoms with Gasteiger partial charge in [0.1, 0.15) is 17.6 Å². The number of rotatable bonds is 8. The van der Waals surface area contributed by atoms with Crippen molar-refractivity contribution in [1.82, 2.24) is 9.88 Å². The molecule has 0 aliphatic carbocycles. The van der Waals surface area contributed by atoms with Crippen molar-refractivity contribution in [3.05, 3.63) is 65.5 Å². The lowest BCUT2D eigenvalue weighted by atomic mass is 9.98. The van der Waals surface area contributed by atoms with Crippen molar-refractivity contribution in [2.75, 3.05) is 13.2 Å². The second-order valence-corrected chi connectivity index (χ2v) is 7.83. The molecule has 6 heteroatoms. The molecule has 0 saturated carbocycles. The van der Waals surface area contributed by atoms with Crippen LogP contribution in [0.25, 0.3) is 5.76 Å². The zero-order chi connectivity index (χ0) is 21.7. The Morgan fingerprint density at radius 2 is 1.90 bits per heavy atom. The van der Waals surface area contributed by atoms with Gasteiger partial charge in [-0.05, 0) is 48.7 Å². The Morgan fingerprint density at radius 1 is 1.17 bits per heavy atom. The quantitative estimate of drug-likeness (QED) is 0.399. The van der Waals surface area contributed by atoms with Crippen LogP contribution in [0.4, 0.5) is 0 Å². The number of ether oxygens (including phenoxy) is 1. The number of aromatic nitrogens is 1. The minimum Gasteiger partial charge on any atom is -0.507 e. The van der Waals surface area contributed by atoms with Crippen molar-refractivity contribution >= 4 is 17.4 Å². The smallest absolute Gasteiger partial charge is 0.295 e. The molecule has 2 heterocycles. The lowest BCUT2D eigenvalue weighted by Gasteiger charge is -2.24. The summed E-state index contributed by atoms with van der Waals surface area (Å²) in [6.07, 6.45) is 3.27. The second kappa shape index (κ2) is 9.57. The van der Waals surface area contributed by atoms with E-state index in [1.54, 1.807) is 42.6 Å². The molecular weight excluding hydrogens is 380 g/mol.